The van der Waals surface area contributed by atoms with Gasteiger partial charge in [0.05, 0.1) is 0 Å². The molecular weight excluding hydrogens is 292 g/mol. The maximum atomic E-state index is 13.0. The highest BCUT2D eigenvalue weighted by Crippen LogP contribution is 2.43. The van der Waals surface area contributed by atoms with Crippen LogP contribution in [-0.4, -0.2) is 16.5 Å². The average molecular weight is 314 g/mol. The molecule has 0 heterocycles. The van der Waals surface area contributed by atoms with Crippen LogP contribution in [0.25, 0.3) is 0 Å². The molecule has 0 aliphatic rings. The van der Waals surface area contributed by atoms with E-state index in [1.165, 1.54) is 0 Å². The second kappa shape index (κ2) is 6.46. The Hall–Kier alpha value is -1.91. The van der Waals surface area contributed by atoms with E-state index in [1.807, 2.05) is 69.3 Å². The summed E-state index contributed by atoms with van der Waals surface area (Å²) < 4.78 is 11.5. The van der Waals surface area contributed by atoms with E-state index in [0.717, 1.165) is 5.56 Å². The molecule has 0 radical (unpaired) electrons. The molecule has 1 unspecified atom stereocenters. The third-order valence-electron chi connectivity index (χ3n) is 3.78. The first-order chi connectivity index (χ1) is 10.4. The molecule has 116 valence electrons. The van der Waals surface area contributed by atoms with Gasteiger partial charge in [-0.2, -0.15) is 0 Å². The van der Waals surface area contributed by atoms with Gasteiger partial charge in [-0.05, 0) is 17.7 Å². The Bertz CT molecular complexity index is 620. The van der Waals surface area contributed by atoms with E-state index in [0.29, 0.717) is 16.2 Å². The van der Waals surface area contributed by atoms with Crippen LogP contribution in [0.4, 0.5) is 0 Å². The van der Waals surface area contributed by atoms with Gasteiger partial charge in [-0.3, -0.25) is 0 Å². The summed E-state index contributed by atoms with van der Waals surface area (Å²) in [5.74, 6) is 0.142. The Kier molecular flexibility index (Phi) is 4.83. The SMILES string of the molecule is CC(C)(C)C(O[SiH3])(C(=O)Oc1ccccc1)c1ccccc1. The number of hydrogen-bond donors (Lipinski definition) is 0. The van der Waals surface area contributed by atoms with Crippen molar-refractivity contribution in [2.45, 2.75) is 26.4 Å². The van der Waals surface area contributed by atoms with E-state index < -0.39 is 11.0 Å². The van der Waals surface area contributed by atoms with E-state index >= 15 is 0 Å². The molecule has 0 bridgehead atoms. The van der Waals surface area contributed by atoms with Crippen molar-refractivity contribution in [2.75, 3.05) is 0 Å². The molecule has 0 saturated heterocycles. The van der Waals surface area contributed by atoms with Crippen LogP contribution in [0.1, 0.15) is 26.3 Å². The van der Waals surface area contributed by atoms with Gasteiger partial charge in [-0.25, -0.2) is 4.79 Å². The Balaban J connectivity index is 2.47. The van der Waals surface area contributed by atoms with Gasteiger partial charge in [-0.15, -0.1) is 0 Å². The summed E-state index contributed by atoms with van der Waals surface area (Å²) in [5, 5.41) is 0. The molecule has 0 spiro atoms. The van der Waals surface area contributed by atoms with Crippen LogP contribution >= 0.6 is 0 Å². The van der Waals surface area contributed by atoms with Crippen LogP contribution in [0.3, 0.4) is 0 Å². The van der Waals surface area contributed by atoms with Crippen LogP contribution in [0, 0.1) is 5.41 Å². The maximum absolute atomic E-state index is 13.0. The minimum atomic E-state index is -1.11. The first kappa shape index (κ1) is 16.5. The lowest BCUT2D eigenvalue weighted by molar-refractivity contribution is -0.164. The van der Waals surface area contributed by atoms with Gasteiger partial charge in [0.1, 0.15) is 16.2 Å². The van der Waals surface area contributed by atoms with Gasteiger partial charge < -0.3 is 9.16 Å². The Labute approximate surface area is 134 Å². The lowest BCUT2D eigenvalue weighted by atomic mass is 9.72. The van der Waals surface area contributed by atoms with E-state index in [2.05, 4.69) is 0 Å². The highest BCUT2D eigenvalue weighted by molar-refractivity contribution is 6.01. The number of carbonyl (C=O) groups is 1. The van der Waals surface area contributed by atoms with Crippen LogP contribution in [0.5, 0.6) is 5.75 Å². The van der Waals surface area contributed by atoms with Crippen molar-refractivity contribution in [3.05, 3.63) is 66.2 Å². The third-order valence-corrected chi connectivity index (χ3v) is 4.40. The van der Waals surface area contributed by atoms with E-state index in [1.54, 1.807) is 12.1 Å². The molecule has 2 aromatic carbocycles. The third kappa shape index (κ3) is 2.98. The number of esters is 1. The zero-order valence-corrected chi connectivity index (χ0v) is 15.5. The van der Waals surface area contributed by atoms with E-state index in [9.17, 15) is 4.79 Å². The molecule has 3 nitrogen and oxygen atoms in total. The lowest BCUT2D eigenvalue weighted by Gasteiger charge is -2.42. The molecule has 2 rings (SSSR count). The first-order valence-corrected chi connectivity index (χ1v) is 8.11. The summed E-state index contributed by atoms with van der Waals surface area (Å²) in [4.78, 5) is 13.0. The Morgan fingerprint density at radius 1 is 0.909 bits per heavy atom. The Morgan fingerprint density at radius 2 is 1.41 bits per heavy atom. The fraction of sp³-hybridized carbons (Fsp3) is 0.278. The highest BCUT2D eigenvalue weighted by atomic mass is 28.2. The zero-order chi connectivity index (χ0) is 16.2. The largest absolute Gasteiger partial charge is 0.424 e. The molecule has 0 saturated carbocycles. The van der Waals surface area contributed by atoms with Crippen LogP contribution in [0.2, 0.25) is 0 Å². The van der Waals surface area contributed by atoms with Gasteiger partial charge in [0.25, 0.3) is 0 Å². The van der Waals surface area contributed by atoms with Crippen LogP contribution in [-0.2, 0) is 14.8 Å². The van der Waals surface area contributed by atoms with Crippen LogP contribution in [0.15, 0.2) is 60.7 Å². The molecule has 22 heavy (non-hydrogen) atoms. The summed E-state index contributed by atoms with van der Waals surface area (Å²) >= 11 is 0. The van der Waals surface area contributed by atoms with E-state index in [4.69, 9.17) is 9.16 Å². The van der Waals surface area contributed by atoms with Crippen molar-refractivity contribution in [3.8, 4) is 5.75 Å². The van der Waals surface area contributed by atoms with Crippen molar-refractivity contribution < 1.29 is 14.0 Å². The summed E-state index contributed by atoms with van der Waals surface area (Å²) in [6, 6.07) is 18.7. The normalized spacial score (nSPS) is 14.3. The fourth-order valence-corrected chi connectivity index (χ4v) is 3.72. The lowest BCUT2D eigenvalue weighted by Crippen LogP contribution is -2.51. The number of hydrogen-bond acceptors (Lipinski definition) is 3. The van der Waals surface area contributed by atoms with Gasteiger partial charge in [0.2, 0.25) is 0 Å². The molecule has 4 heteroatoms. The van der Waals surface area contributed by atoms with Crippen molar-refractivity contribution in [3.63, 3.8) is 0 Å². The van der Waals surface area contributed by atoms with E-state index in [-0.39, 0.29) is 5.97 Å². The predicted molar refractivity (Wildman–Crippen MR) is 90.7 cm³/mol. The molecule has 0 N–H and O–H groups in total. The van der Waals surface area contributed by atoms with Crippen molar-refractivity contribution >= 4 is 16.5 Å². The highest BCUT2D eigenvalue weighted by Gasteiger charge is 2.51. The van der Waals surface area contributed by atoms with Gasteiger partial charge in [0.15, 0.2) is 5.60 Å². The van der Waals surface area contributed by atoms with Gasteiger partial charge in [-0.1, -0.05) is 69.3 Å². The molecular formula is C18H22O3Si. The van der Waals surface area contributed by atoms with Gasteiger partial charge >= 0.3 is 5.97 Å². The molecule has 1 atom stereocenters. The molecule has 0 fully saturated rings. The first-order valence-electron chi connectivity index (χ1n) is 7.30. The smallest absolute Gasteiger partial charge is 0.347 e. The number of para-hydroxylation sites is 1. The predicted octanol–water partition coefficient (Wildman–Crippen LogP) is 2.83. The summed E-state index contributed by atoms with van der Waals surface area (Å²) in [6.45, 7) is 5.97. The van der Waals surface area contributed by atoms with Crippen molar-refractivity contribution in [1.82, 2.24) is 0 Å². The van der Waals surface area contributed by atoms with Gasteiger partial charge in [0, 0.05) is 5.41 Å². The topological polar surface area (TPSA) is 35.5 Å². The Morgan fingerprint density at radius 3 is 1.86 bits per heavy atom. The molecule has 0 aliphatic heterocycles. The monoisotopic (exact) mass is 314 g/mol. The van der Waals surface area contributed by atoms with Crippen LogP contribution < -0.4 is 4.74 Å². The second-order valence-corrected chi connectivity index (χ2v) is 6.61. The number of ether oxygens (including phenoxy) is 1. The zero-order valence-electron chi connectivity index (χ0n) is 13.5. The molecule has 2 aromatic rings. The minimum absolute atomic E-state index is 0.382. The standard InChI is InChI=1S/C18H22O3Si/c1-17(2,3)18(21-22,14-10-6-4-7-11-14)16(19)20-15-12-8-5-9-13-15/h4-13H,1-3,22H3. The quantitative estimate of drug-likeness (QED) is 0.494. The number of carbonyl (C=O) groups excluding carboxylic acids is 1. The average Bonchev–Trinajstić information content (AvgIpc) is 2.49. The number of benzene rings is 2. The summed E-state index contributed by atoms with van der Waals surface area (Å²) in [7, 11) is 0.426. The second-order valence-electron chi connectivity index (χ2n) is 6.20. The molecule has 0 amide bonds. The summed E-state index contributed by atoms with van der Waals surface area (Å²) in [5.41, 5.74) is -0.739. The molecule has 0 aliphatic carbocycles. The van der Waals surface area contributed by atoms with Crippen molar-refractivity contribution in [1.29, 1.82) is 0 Å². The summed E-state index contributed by atoms with van der Waals surface area (Å²) in [6.07, 6.45) is 0. The van der Waals surface area contributed by atoms with Crippen molar-refractivity contribution in [2.24, 2.45) is 5.41 Å². The number of rotatable bonds is 4. The molecule has 0 aromatic heterocycles. The fourth-order valence-electron chi connectivity index (χ4n) is 2.70. The maximum Gasteiger partial charge on any atom is 0.347 e. The minimum Gasteiger partial charge on any atom is -0.424 e.